The summed E-state index contributed by atoms with van der Waals surface area (Å²) in [7, 11) is 1.46. The van der Waals surface area contributed by atoms with Crippen molar-refractivity contribution >= 4 is 41.1 Å². The monoisotopic (exact) mass is 338 g/mol. The summed E-state index contributed by atoms with van der Waals surface area (Å²) >= 11 is 11.8. The van der Waals surface area contributed by atoms with E-state index in [0.29, 0.717) is 10.8 Å². The maximum absolute atomic E-state index is 12.2. The van der Waals surface area contributed by atoms with Crippen molar-refractivity contribution in [1.82, 2.24) is 10.6 Å². The molecular weight excluding hydrogens is 327 g/mol. The fourth-order valence-electron chi connectivity index (χ4n) is 1.67. The van der Waals surface area contributed by atoms with Crippen molar-refractivity contribution in [2.45, 2.75) is 0 Å². The Bertz CT molecular complexity index is 724. The van der Waals surface area contributed by atoms with Crippen LogP contribution < -0.4 is 10.6 Å². The zero-order chi connectivity index (χ0) is 16.1. The molecule has 0 bridgehead atoms. The standard InChI is InChI=1S/C15H12Cl2N2O3/c1-18-15(21)13(8-10-3-2-6-22-10)19-14(20)11-5-4-9(16)7-12(11)17/h2-8H,1H3,(H,18,21)(H,19,20). The molecule has 0 aliphatic heterocycles. The average Bonchev–Trinajstić information content (AvgIpc) is 2.98. The number of benzene rings is 1. The number of carbonyl (C=O) groups excluding carboxylic acids is 2. The first-order valence-electron chi connectivity index (χ1n) is 6.25. The molecule has 2 amide bonds. The Morgan fingerprint density at radius 3 is 2.59 bits per heavy atom. The summed E-state index contributed by atoms with van der Waals surface area (Å²) in [4.78, 5) is 24.1. The third-order valence-corrected chi connectivity index (χ3v) is 3.27. The lowest BCUT2D eigenvalue weighted by atomic mass is 10.2. The zero-order valence-electron chi connectivity index (χ0n) is 11.5. The van der Waals surface area contributed by atoms with Crippen molar-refractivity contribution in [1.29, 1.82) is 0 Å². The summed E-state index contributed by atoms with van der Waals surface area (Å²) in [5.74, 6) is -0.556. The van der Waals surface area contributed by atoms with E-state index < -0.39 is 11.8 Å². The lowest BCUT2D eigenvalue weighted by molar-refractivity contribution is -0.117. The Balaban J connectivity index is 2.27. The highest BCUT2D eigenvalue weighted by atomic mass is 35.5. The molecule has 0 fully saturated rings. The molecule has 0 aliphatic carbocycles. The number of rotatable bonds is 4. The van der Waals surface area contributed by atoms with E-state index in [9.17, 15) is 9.59 Å². The number of carbonyl (C=O) groups is 2. The SMILES string of the molecule is CNC(=O)C(=Cc1ccco1)NC(=O)c1ccc(Cl)cc1Cl. The molecule has 0 aliphatic rings. The largest absolute Gasteiger partial charge is 0.465 e. The van der Waals surface area contributed by atoms with Crippen molar-refractivity contribution < 1.29 is 14.0 Å². The smallest absolute Gasteiger partial charge is 0.267 e. The molecule has 0 radical (unpaired) electrons. The highest BCUT2D eigenvalue weighted by molar-refractivity contribution is 6.36. The highest BCUT2D eigenvalue weighted by Gasteiger charge is 2.16. The summed E-state index contributed by atoms with van der Waals surface area (Å²) < 4.78 is 5.13. The third-order valence-electron chi connectivity index (χ3n) is 2.73. The molecule has 2 aromatic rings. The van der Waals surface area contributed by atoms with Crippen LogP contribution in [-0.4, -0.2) is 18.9 Å². The predicted octanol–water partition coefficient (Wildman–Crippen LogP) is 3.10. The topological polar surface area (TPSA) is 71.3 Å². The summed E-state index contributed by atoms with van der Waals surface area (Å²) in [5.41, 5.74) is 0.244. The molecule has 2 rings (SSSR count). The predicted molar refractivity (Wildman–Crippen MR) is 84.7 cm³/mol. The maximum atomic E-state index is 12.2. The van der Waals surface area contributed by atoms with Crippen LogP contribution in [0.2, 0.25) is 10.0 Å². The van der Waals surface area contributed by atoms with Gasteiger partial charge in [-0.25, -0.2) is 0 Å². The van der Waals surface area contributed by atoms with Gasteiger partial charge in [0.25, 0.3) is 11.8 Å². The molecule has 0 unspecified atom stereocenters. The third kappa shape index (κ3) is 3.90. The molecule has 7 heteroatoms. The number of likely N-dealkylation sites (N-methyl/N-ethyl adjacent to an activating group) is 1. The Labute approximate surface area is 136 Å². The van der Waals surface area contributed by atoms with Crippen molar-refractivity contribution in [2.24, 2.45) is 0 Å². The fraction of sp³-hybridized carbons (Fsp3) is 0.0667. The molecule has 22 heavy (non-hydrogen) atoms. The minimum absolute atomic E-state index is 0.0356. The van der Waals surface area contributed by atoms with E-state index in [1.165, 1.54) is 37.6 Å². The van der Waals surface area contributed by atoms with Gasteiger partial charge in [0.15, 0.2) is 0 Å². The first-order chi connectivity index (χ1) is 10.5. The molecule has 0 saturated carbocycles. The van der Waals surface area contributed by atoms with Crippen molar-refractivity contribution in [3.8, 4) is 0 Å². The van der Waals surface area contributed by atoms with Crippen LogP contribution in [-0.2, 0) is 4.79 Å². The average molecular weight is 339 g/mol. The fourth-order valence-corrected chi connectivity index (χ4v) is 2.17. The van der Waals surface area contributed by atoms with Gasteiger partial charge in [0, 0.05) is 18.1 Å². The Hall–Kier alpha value is -2.24. The van der Waals surface area contributed by atoms with Crippen molar-refractivity contribution in [3.63, 3.8) is 0 Å². The van der Waals surface area contributed by atoms with Crippen LogP contribution in [0.15, 0.2) is 46.7 Å². The normalized spacial score (nSPS) is 11.1. The van der Waals surface area contributed by atoms with Crippen LogP contribution >= 0.6 is 23.2 Å². The first kappa shape index (κ1) is 16.1. The Morgan fingerprint density at radius 1 is 1.23 bits per heavy atom. The van der Waals surface area contributed by atoms with Gasteiger partial charge in [0.05, 0.1) is 16.8 Å². The molecule has 1 aromatic heterocycles. The second-order valence-electron chi connectivity index (χ2n) is 4.23. The second kappa shape index (κ2) is 7.15. The van der Waals surface area contributed by atoms with Gasteiger partial charge < -0.3 is 15.1 Å². The van der Waals surface area contributed by atoms with Crippen LogP contribution in [0.5, 0.6) is 0 Å². The molecule has 114 valence electrons. The molecule has 1 heterocycles. The molecular formula is C15H12Cl2N2O3. The van der Waals surface area contributed by atoms with E-state index >= 15 is 0 Å². The minimum atomic E-state index is -0.525. The summed E-state index contributed by atoms with van der Waals surface area (Å²) in [6, 6.07) is 7.80. The summed E-state index contributed by atoms with van der Waals surface area (Å²) in [6.07, 6.45) is 2.88. The highest BCUT2D eigenvalue weighted by Crippen LogP contribution is 2.21. The summed E-state index contributed by atoms with van der Waals surface area (Å²) in [5, 5.41) is 5.56. The Kier molecular flexibility index (Phi) is 5.25. The van der Waals surface area contributed by atoms with Gasteiger partial charge in [-0.1, -0.05) is 23.2 Å². The van der Waals surface area contributed by atoms with Crippen LogP contribution in [0, 0.1) is 0 Å². The summed E-state index contributed by atoms with van der Waals surface area (Å²) in [6.45, 7) is 0. The van der Waals surface area contributed by atoms with Crippen LogP contribution in [0.4, 0.5) is 0 Å². The molecule has 0 saturated heterocycles. The van der Waals surface area contributed by atoms with Gasteiger partial charge in [-0.2, -0.15) is 0 Å². The zero-order valence-corrected chi connectivity index (χ0v) is 13.0. The number of furan rings is 1. The van der Waals surface area contributed by atoms with E-state index in [-0.39, 0.29) is 16.3 Å². The number of hydrogen-bond donors (Lipinski definition) is 2. The van der Waals surface area contributed by atoms with Gasteiger partial charge in [-0.15, -0.1) is 0 Å². The number of amides is 2. The van der Waals surface area contributed by atoms with E-state index in [2.05, 4.69) is 10.6 Å². The number of hydrogen-bond acceptors (Lipinski definition) is 3. The lowest BCUT2D eigenvalue weighted by Gasteiger charge is -2.09. The van der Waals surface area contributed by atoms with Gasteiger partial charge in [0.1, 0.15) is 11.5 Å². The molecule has 0 spiro atoms. The van der Waals surface area contributed by atoms with Gasteiger partial charge in [-0.3, -0.25) is 9.59 Å². The molecule has 1 aromatic carbocycles. The first-order valence-corrected chi connectivity index (χ1v) is 7.00. The van der Waals surface area contributed by atoms with Crippen LogP contribution in [0.25, 0.3) is 6.08 Å². The number of nitrogens with one attached hydrogen (secondary N) is 2. The molecule has 0 atom stereocenters. The minimum Gasteiger partial charge on any atom is -0.465 e. The second-order valence-corrected chi connectivity index (χ2v) is 5.07. The Morgan fingerprint density at radius 2 is 2.00 bits per heavy atom. The van der Waals surface area contributed by atoms with Crippen LogP contribution in [0.1, 0.15) is 16.1 Å². The van der Waals surface area contributed by atoms with Crippen molar-refractivity contribution in [3.05, 3.63) is 63.7 Å². The maximum Gasteiger partial charge on any atom is 0.267 e. The van der Waals surface area contributed by atoms with E-state index in [4.69, 9.17) is 27.6 Å². The quantitative estimate of drug-likeness (QED) is 0.841. The van der Waals surface area contributed by atoms with E-state index in [0.717, 1.165) is 0 Å². The van der Waals surface area contributed by atoms with E-state index in [1.807, 2.05) is 0 Å². The van der Waals surface area contributed by atoms with Crippen LogP contribution in [0.3, 0.4) is 0 Å². The molecule has 5 nitrogen and oxygen atoms in total. The van der Waals surface area contributed by atoms with E-state index in [1.54, 1.807) is 12.1 Å². The van der Waals surface area contributed by atoms with Crippen molar-refractivity contribution in [2.75, 3.05) is 7.05 Å². The van der Waals surface area contributed by atoms with Gasteiger partial charge in [-0.05, 0) is 30.3 Å². The lowest BCUT2D eigenvalue weighted by Crippen LogP contribution is -2.33. The van der Waals surface area contributed by atoms with Gasteiger partial charge >= 0.3 is 0 Å². The number of halogens is 2. The van der Waals surface area contributed by atoms with Gasteiger partial charge in [0.2, 0.25) is 0 Å². The molecule has 2 N–H and O–H groups in total.